The van der Waals surface area contributed by atoms with Gasteiger partial charge < -0.3 is 10.6 Å². The normalized spacial score (nSPS) is 26.6. The first-order valence-corrected chi connectivity index (χ1v) is 8.81. The first kappa shape index (κ1) is 13.6. The van der Waals surface area contributed by atoms with Crippen molar-refractivity contribution in [2.24, 2.45) is 5.92 Å². The number of hydrogen-bond acceptors (Lipinski definition) is 3. The molecule has 0 spiro atoms. The monoisotopic (exact) mass is 278 g/mol. The lowest BCUT2D eigenvalue weighted by Gasteiger charge is -2.29. The predicted octanol–water partition coefficient (Wildman–Crippen LogP) is 3.71. The maximum absolute atomic E-state index is 3.88. The molecule has 2 aliphatic rings. The SMILES string of the molecule is c1csc(C(NCC2CCCCN2)C2CCCC2)c1. The van der Waals surface area contributed by atoms with Gasteiger partial charge in [0.1, 0.15) is 0 Å². The summed E-state index contributed by atoms with van der Waals surface area (Å²) in [4.78, 5) is 1.54. The molecular formula is C16H26N2S. The lowest BCUT2D eigenvalue weighted by Crippen LogP contribution is -2.43. The molecule has 2 fully saturated rings. The Morgan fingerprint density at radius 1 is 1.21 bits per heavy atom. The highest BCUT2D eigenvalue weighted by Gasteiger charge is 2.27. The van der Waals surface area contributed by atoms with Gasteiger partial charge in [0.05, 0.1) is 0 Å². The lowest BCUT2D eigenvalue weighted by atomic mass is 9.96. The molecular weight excluding hydrogens is 252 g/mol. The Balaban J connectivity index is 1.58. The predicted molar refractivity (Wildman–Crippen MR) is 82.7 cm³/mol. The van der Waals surface area contributed by atoms with Crippen LogP contribution < -0.4 is 10.6 Å². The zero-order valence-electron chi connectivity index (χ0n) is 11.7. The molecule has 1 aliphatic carbocycles. The third-order valence-electron chi connectivity index (χ3n) is 4.72. The molecule has 106 valence electrons. The summed E-state index contributed by atoms with van der Waals surface area (Å²) in [5.74, 6) is 0.863. The number of thiophene rings is 1. The quantitative estimate of drug-likeness (QED) is 0.858. The van der Waals surface area contributed by atoms with Crippen molar-refractivity contribution in [3.8, 4) is 0 Å². The van der Waals surface area contributed by atoms with Crippen LogP contribution in [0.1, 0.15) is 55.9 Å². The molecule has 0 bridgehead atoms. The van der Waals surface area contributed by atoms with Gasteiger partial charge in [-0.25, -0.2) is 0 Å². The van der Waals surface area contributed by atoms with Gasteiger partial charge >= 0.3 is 0 Å². The summed E-state index contributed by atoms with van der Waals surface area (Å²) in [6.07, 6.45) is 9.77. The smallest absolute Gasteiger partial charge is 0.0443 e. The number of nitrogens with one attached hydrogen (secondary N) is 2. The van der Waals surface area contributed by atoms with E-state index in [1.165, 1.54) is 51.5 Å². The highest BCUT2D eigenvalue weighted by atomic mass is 32.1. The summed E-state index contributed by atoms with van der Waals surface area (Å²) in [6, 6.07) is 5.81. The van der Waals surface area contributed by atoms with Crippen molar-refractivity contribution in [1.82, 2.24) is 10.6 Å². The van der Waals surface area contributed by atoms with E-state index in [9.17, 15) is 0 Å². The van der Waals surface area contributed by atoms with Crippen molar-refractivity contribution < 1.29 is 0 Å². The molecule has 1 saturated heterocycles. The van der Waals surface area contributed by atoms with Crippen LogP contribution in [0.3, 0.4) is 0 Å². The van der Waals surface area contributed by atoms with Gasteiger partial charge in [-0.05, 0) is 49.6 Å². The Labute approximate surface area is 121 Å². The molecule has 0 amide bonds. The second kappa shape index (κ2) is 6.87. The van der Waals surface area contributed by atoms with Crippen LogP contribution in [0.2, 0.25) is 0 Å². The van der Waals surface area contributed by atoms with E-state index in [0.717, 1.165) is 12.5 Å². The van der Waals surface area contributed by atoms with E-state index in [1.807, 2.05) is 11.3 Å². The van der Waals surface area contributed by atoms with Crippen molar-refractivity contribution in [2.45, 2.75) is 57.0 Å². The zero-order chi connectivity index (χ0) is 12.9. The fraction of sp³-hybridized carbons (Fsp3) is 0.750. The second-order valence-electron chi connectivity index (χ2n) is 6.09. The van der Waals surface area contributed by atoms with Gasteiger partial charge in [-0.3, -0.25) is 0 Å². The summed E-state index contributed by atoms with van der Waals surface area (Å²) in [6.45, 7) is 2.35. The maximum Gasteiger partial charge on any atom is 0.0443 e. The topological polar surface area (TPSA) is 24.1 Å². The Bertz CT molecular complexity index is 351. The van der Waals surface area contributed by atoms with E-state index in [0.29, 0.717) is 12.1 Å². The van der Waals surface area contributed by atoms with Crippen LogP contribution in [-0.4, -0.2) is 19.1 Å². The van der Waals surface area contributed by atoms with E-state index < -0.39 is 0 Å². The highest BCUT2D eigenvalue weighted by Crippen LogP contribution is 2.37. The van der Waals surface area contributed by atoms with Crippen molar-refractivity contribution in [3.63, 3.8) is 0 Å². The second-order valence-corrected chi connectivity index (χ2v) is 7.07. The largest absolute Gasteiger partial charge is 0.313 e. The molecule has 2 unspecified atom stereocenters. The Morgan fingerprint density at radius 3 is 2.74 bits per heavy atom. The minimum atomic E-state index is 0.603. The molecule has 2 atom stereocenters. The van der Waals surface area contributed by atoms with Crippen molar-refractivity contribution in [2.75, 3.05) is 13.1 Å². The molecule has 2 N–H and O–H groups in total. The Morgan fingerprint density at radius 2 is 2.05 bits per heavy atom. The fourth-order valence-electron chi connectivity index (χ4n) is 3.63. The van der Waals surface area contributed by atoms with Crippen LogP contribution in [0, 0.1) is 5.92 Å². The number of piperidine rings is 1. The molecule has 0 aromatic carbocycles. The molecule has 19 heavy (non-hydrogen) atoms. The van der Waals surface area contributed by atoms with Gasteiger partial charge in [-0.1, -0.05) is 25.3 Å². The van der Waals surface area contributed by atoms with E-state index in [-0.39, 0.29) is 0 Å². The minimum absolute atomic E-state index is 0.603. The van der Waals surface area contributed by atoms with E-state index in [1.54, 1.807) is 4.88 Å². The first-order chi connectivity index (χ1) is 9.43. The number of rotatable bonds is 5. The molecule has 1 aromatic rings. The molecule has 2 heterocycles. The van der Waals surface area contributed by atoms with Crippen LogP contribution in [0.4, 0.5) is 0 Å². The van der Waals surface area contributed by atoms with E-state index in [2.05, 4.69) is 28.1 Å². The Hall–Kier alpha value is -0.380. The Kier molecular flexibility index (Phi) is 4.91. The van der Waals surface area contributed by atoms with Gasteiger partial charge in [-0.15, -0.1) is 11.3 Å². The summed E-state index contributed by atoms with van der Waals surface area (Å²) in [7, 11) is 0. The average molecular weight is 278 g/mol. The van der Waals surface area contributed by atoms with Gasteiger partial charge in [0.15, 0.2) is 0 Å². The fourth-order valence-corrected chi connectivity index (χ4v) is 4.52. The van der Waals surface area contributed by atoms with Gasteiger partial charge in [0.25, 0.3) is 0 Å². The van der Waals surface area contributed by atoms with Crippen LogP contribution in [0.25, 0.3) is 0 Å². The van der Waals surface area contributed by atoms with Gasteiger partial charge in [-0.2, -0.15) is 0 Å². The summed E-state index contributed by atoms with van der Waals surface area (Å²) < 4.78 is 0. The minimum Gasteiger partial charge on any atom is -0.313 e. The maximum atomic E-state index is 3.88. The summed E-state index contributed by atoms with van der Waals surface area (Å²) in [5.41, 5.74) is 0. The molecule has 1 saturated carbocycles. The van der Waals surface area contributed by atoms with Crippen molar-refractivity contribution >= 4 is 11.3 Å². The molecule has 3 heteroatoms. The van der Waals surface area contributed by atoms with Gasteiger partial charge in [0, 0.05) is 23.5 Å². The molecule has 0 radical (unpaired) electrons. The third-order valence-corrected chi connectivity index (χ3v) is 5.67. The molecule has 1 aromatic heterocycles. The van der Waals surface area contributed by atoms with E-state index >= 15 is 0 Å². The van der Waals surface area contributed by atoms with E-state index in [4.69, 9.17) is 0 Å². The first-order valence-electron chi connectivity index (χ1n) is 7.93. The summed E-state index contributed by atoms with van der Waals surface area (Å²) >= 11 is 1.92. The molecule has 3 rings (SSSR count). The molecule has 2 nitrogen and oxygen atoms in total. The van der Waals surface area contributed by atoms with Crippen LogP contribution in [0.15, 0.2) is 17.5 Å². The highest BCUT2D eigenvalue weighted by molar-refractivity contribution is 7.10. The van der Waals surface area contributed by atoms with Crippen LogP contribution in [0.5, 0.6) is 0 Å². The van der Waals surface area contributed by atoms with Crippen LogP contribution >= 0.6 is 11.3 Å². The lowest BCUT2D eigenvalue weighted by molar-refractivity contribution is 0.323. The summed E-state index contributed by atoms with van der Waals surface area (Å²) in [5, 5.41) is 9.75. The zero-order valence-corrected chi connectivity index (χ0v) is 12.6. The number of hydrogen-bond donors (Lipinski definition) is 2. The average Bonchev–Trinajstić information content (AvgIpc) is 3.13. The standard InChI is InChI=1S/C16H26N2S/c1-2-7-13(6-1)16(15-9-5-11-19-15)18-12-14-8-3-4-10-17-14/h5,9,11,13-14,16-18H,1-4,6-8,10,12H2. The third kappa shape index (κ3) is 3.59. The van der Waals surface area contributed by atoms with Gasteiger partial charge in [0.2, 0.25) is 0 Å². The van der Waals surface area contributed by atoms with Crippen molar-refractivity contribution in [1.29, 1.82) is 0 Å². The van der Waals surface area contributed by atoms with Crippen LogP contribution in [-0.2, 0) is 0 Å². The molecule has 1 aliphatic heterocycles. The van der Waals surface area contributed by atoms with Crippen molar-refractivity contribution in [3.05, 3.63) is 22.4 Å².